The van der Waals surface area contributed by atoms with Crippen LogP contribution in [0.25, 0.3) is 0 Å². The largest absolute Gasteiger partial charge is 0.353 e. The number of aryl methyl sites for hydroxylation is 3. The predicted octanol–water partition coefficient (Wildman–Crippen LogP) is 1.80. The van der Waals surface area contributed by atoms with E-state index < -0.39 is 0 Å². The van der Waals surface area contributed by atoms with Crippen molar-refractivity contribution in [1.29, 1.82) is 0 Å². The number of hydrogen-bond acceptors (Lipinski definition) is 6. The fourth-order valence-electron chi connectivity index (χ4n) is 4.15. The van der Waals surface area contributed by atoms with Crippen molar-refractivity contribution in [1.82, 2.24) is 24.6 Å². The van der Waals surface area contributed by atoms with E-state index in [1.54, 1.807) is 16.9 Å². The Morgan fingerprint density at radius 3 is 3.04 bits per heavy atom. The van der Waals surface area contributed by atoms with Crippen LogP contribution in [0, 0.1) is 6.92 Å². The van der Waals surface area contributed by atoms with Gasteiger partial charge in [0.15, 0.2) is 0 Å². The van der Waals surface area contributed by atoms with Crippen molar-refractivity contribution in [3.05, 3.63) is 45.6 Å². The Bertz CT molecular complexity index is 849. The fraction of sp³-hybridized carbons (Fsp3) is 0.600. The fourth-order valence-corrected chi connectivity index (χ4v) is 4.15. The van der Waals surface area contributed by atoms with Crippen LogP contribution in [0.2, 0.25) is 0 Å². The molecule has 1 N–H and O–H groups in total. The summed E-state index contributed by atoms with van der Waals surface area (Å²) in [6.45, 7) is 5.38. The number of likely N-dealkylation sites (tertiary alicyclic amines) is 1. The standard InChI is InChI=1S/C20H28N6O/c1-15-8-9-21-20(23-15)22-14-17-6-2-3-10-25(17)11-12-26-19(27)13-16-5-4-7-18(16)24-26/h8-9,13,17H,2-7,10-12,14H2,1H3,(H,21,22,23). The van der Waals surface area contributed by atoms with Crippen molar-refractivity contribution >= 4 is 5.95 Å². The Kier molecular flexibility index (Phi) is 5.48. The topological polar surface area (TPSA) is 75.9 Å². The SMILES string of the molecule is Cc1ccnc(NCC2CCCCN2CCn2nc3c(cc2=O)CCC3)n1. The lowest BCUT2D eigenvalue weighted by Crippen LogP contribution is -2.45. The molecule has 2 aliphatic rings. The summed E-state index contributed by atoms with van der Waals surface area (Å²) in [7, 11) is 0. The second-order valence-electron chi connectivity index (χ2n) is 7.62. The second kappa shape index (κ2) is 8.17. The van der Waals surface area contributed by atoms with Crippen LogP contribution in [0.4, 0.5) is 5.95 Å². The molecule has 27 heavy (non-hydrogen) atoms. The number of piperidine rings is 1. The maximum atomic E-state index is 12.3. The van der Waals surface area contributed by atoms with Crippen molar-refractivity contribution < 1.29 is 0 Å². The molecule has 0 aromatic carbocycles. The monoisotopic (exact) mass is 368 g/mol. The Balaban J connectivity index is 1.37. The number of nitrogens with zero attached hydrogens (tertiary/aromatic N) is 5. The first-order valence-corrected chi connectivity index (χ1v) is 10.1. The summed E-state index contributed by atoms with van der Waals surface area (Å²) >= 11 is 0. The van der Waals surface area contributed by atoms with Crippen LogP contribution in [0.5, 0.6) is 0 Å². The highest BCUT2D eigenvalue weighted by molar-refractivity contribution is 5.25. The Morgan fingerprint density at radius 1 is 1.22 bits per heavy atom. The van der Waals surface area contributed by atoms with Crippen LogP contribution >= 0.6 is 0 Å². The highest BCUT2D eigenvalue weighted by Gasteiger charge is 2.23. The van der Waals surface area contributed by atoms with Crippen LogP contribution < -0.4 is 10.9 Å². The average molecular weight is 368 g/mol. The molecule has 1 aliphatic heterocycles. The molecule has 1 fully saturated rings. The van der Waals surface area contributed by atoms with Gasteiger partial charge in [0.25, 0.3) is 5.56 Å². The van der Waals surface area contributed by atoms with Crippen molar-refractivity contribution in [2.45, 2.75) is 58.0 Å². The summed E-state index contributed by atoms with van der Waals surface area (Å²) in [4.78, 5) is 23.5. The summed E-state index contributed by atoms with van der Waals surface area (Å²) in [5.41, 5.74) is 3.27. The van der Waals surface area contributed by atoms with Crippen LogP contribution in [0.3, 0.4) is 0 Å². The van der Waals surface area contributed by atoms with E-state index in [1.165, 1.54) is 12.8 Å². The summed E-state index contributed by atoms with van der Waals surface area (Å²) < 4.78 is 1.66. The predicted molar refractivity (Wildman–Crippen MR) is 105 cm³/mol. The number of anilines is 1. The van der Waals surface area contributed by atoms with Crippen LogP contribution in [0.15, 0.2) is 23.1 Å². The summed E-state index contributed by atoms with van der Waals surface area (Å²) in [5, 5.41) is 7.99. The molecule has 2 aromatic heterocycles. The Morgan fingerprint density at radius 2 is 2.15 bits per heavy atom. The van der Waals surface area contributed by atoms with E-state index in [-0.39, 0.29) is 5.56 Å². The molecular weight excluding hydrogens is 340 g/mol. The summed E-state index contributed by atoms with van der Waals surface area (Å²) in [6, 6.07) is 4.13. The molecule has 0 amide bonds. The van der Waals surface area contributed by atoms with Gasteiger partial charge in [0.05, 0.1) is 12.2 Å². The van der Waals surface area contributed by atoms with E-state index in [4.69, 9.17) is 0 Å². The third-order valence-electron chi connectivity index (χ3n) is 5.66. The van der Waals surface area contributed by atoms with Crippen molar-refractivity contribution in [3.8, 4) is 0 Å². The Labute approximate surface area is 159 Å². The smallest absolute Gasteiger partial charge is 0.267 e. The van der Waals surface area contributed by atoms with E-state index in [1.807, 2.05) is 13.0 Å². The van der Waals surface area contributed by atoms with Gasteiger partial charge in [-0.15, -0.1) is 0 Å². The molecule has 1 saturated heterocycles. The normalized spacial score (nSPS) is 19.8. The van der Waals surface area contributed by atoms with E-state index >= 15 is 0 Å². The number of fused-ring (bicyclic) bond motifs is 1. The molecule has 0 bridgehead atoms. The van der Waals surface area contributed by atoms with Crippen LogP contribution in [-0.2, 0) is 19.4 Å². The molecule has 0 saturated carbocycles. The summed E-state index contributed by atoms with van der Waals surface area (Å²) in [6.07, 6.45) is 8.52. The first-order valence-electron chi connectivity index (χ1n) is 10.1. The third-order valence-corrected chi connectivity index (χ3v) is 5.66. The summed E-state index contributed by atoms with van der Waals surface area (Å²) in [5.74, 6) is 0.692. The maximum Gasteiger partial charge on any atom is 0.267 e. The van der Waals surface area contributed by atoms with Crippen LogP contribution in [0.1, 0.15) is 42.6 Å². The van der Waals surface area contributed by atoms with Gasteiger partial charge in [-0.3, -0.25) is 9.69 Å². The van der Waals surface area contributed by atoms with Gasteiger partial charge >= 0.3 is 0 Å². The minimum Gasteiger partial charge on any atom is -0.353 e. The van der Waals surface area contributed by atoms with Crippen molar-refractivity contribution in [2.24, 2.45) is 0 Å². The van der Waals surface area contributed by atoms with Crippen LogP contribution in [-0.4, -0.2) is 50.3 Å². The van der Waals surface area contributed by atoms with Gasteiger partial charge < -0.3 is 5.32 Å². The zero-order valence-electron chi connectivity index (χ0n) is 16.0. The number of rotatable bonds is 6. The van der Waals surface area contributed by atoms with E-state index in [9.17, 15) is 4.79 Å². The molecule has 144 valence electrons. The van der Waals surface area contributed by atoms with Gasteiger partial charge in [-0.1, -0.05) is 6.42 Å². The van der Waals surface area contributed by atoms with E-state index in [2.05, 4.69) is 25.3 Å². The van der Waals surface area contributed by atoms with Gasteiger partial charge in [-0.2, -0.15) is 5.10 Å². The highest BCUT2D eigenvalue weighted by atomic mass is 16.1. The first-order chi connectivity index (χ1) is 13.2. The molecule has 7 nitrogen and oxygen atoms in total. The minimum absolute atomic E-state index is 0.0375. The average Bonchev–Trinajstić information content (AvgIpc) is 3.12. The van der Waals surface area contributed by atoms with Gasteiger partial charge in [0.1, 0.15) is 0 Å². The molecule has 4 rings (SSSR count). The lowest BCUT2D eigenvalue weighted by molar-refractivity contribution is 0.147. The lowest BCUT2D eigenvalue weighted by atomic mass is 10.0. The lowest BCUT2D eigenvalue weighted by Gasteiger charge is -2.35. The molecule has 1 atom stereocenters. The molecule has 1 aliphatic carbocycles. The third kappa shape index (κ3) is 4.35. The number of nitrogens with one attached hydrogen (secondary N) is 1. The molecular formula is C20H28N6O. The maximum absolute atomic E-state index is 12.3. The second-order valence-corrected chi connectivity index (χ2v) is 7.62. The highest BCUT2D eigenvalue weighted by Crippen LogP contribution is 2.19. The van der Waals surface area contributed by atoms with Gasteiger partial charge in [0.2, 0.25) is 5.95 Å². The molecule has 0 radical (unpaired) electrons. The van der Waals surface area contributed by atoms with Crippen molar-refractivity contribution in [2.75, 3.05) is 25.0 Å². The molecule has 3 heterocycles. The first kappa shape index (κ1) is 18.1. The van der Waals surface area contributed by atoms with Crippen molar-refractivity contribution in [3.63, 3.8) is 0 Å². The Hall–Kier alpha value is -2.28. The zero-order chi connectivity index (χ0) is 18.6. The molecule has 0 spiro atoms. The quantitative estimate of drug-likeness (QED) is 0.838. The molecule has 7 heteroatoms. The molecule has 2 aromatic rings. The minimum atomic E-state index is 0.0375. The van der Waals surface area contributed by atoms with Gasteiger partial charge in [-0.25, -0.2) is 14.6 Å². The number of hydrogen-bond donors (Lipinski definition) is 1. The number of aromatic nitrogens is 4. The van der Waals surface area contributed by atoms with Gasteiger partial charge in [-0.05, 0) is 57.2 Å². The van der Waals surface area contributed by atoms with Gasteiger partial charge in [0, 0.05) is 37.1 Å². The van der Waals surface area contributed by atoms with E-state index in [0.717, 1.165) is 62.3 Å². The zero-order valence-corrected chi connectivity index (χ0v) is 16.0. The van der Waals surface area contributed by atoms with E-state index in [0.29, 0.717) is 18.5 Å². The molecule has 1 unspecified atom stereocenters.